The number of halogens is 1. The van der Waals surface area contributed by atoms with E-state index in [0.717, 1.165) is 0 Å². The minimum absolute atomic E-state index is 0. The highest BCUT2D eigenvalue weighted by Gasteiger charge is 1.84. The molecule has 0 radical (unpaired) electrons. The largest absolute Gasteiger partial charge is 0.464 e. The highest BCUT2D eigenvalue weighted by Crippen LogP contribution is 1.54. The smallest absolute Gasteiger partial charge is 0.428 e. The van der Waals surface area contributed by atoms with Crippen molar-refractivity contribution in [3.8, 4) is 0 Å². The van der Waals surface area contributed by atoms with Crippen molar-refractivity contribution in [2.24, 2.45) is 0 Å². The van der Waals surface area contributed by atoms with Crippen molar-refractivity contribution in [2.45, 2.75) is 0 Å². The van der Waals surface area contributed by atoms with E-state index in [-0.39, 0.29) is 12.4 Å². The molecule has 0 aliphatic rings. The van der Waals surface area contributed by atoms with Crippen LogP contribution in [0.25, 0.3) is 0 Å². The Morgan fingerprint density at radius 1 is 1.00 bits per heavy atom. The van der Waals surface area contributed by atoms with E-state index in [1.807, 2.05) is 0 Å². The van der Waals surface area contributed by atoms with E-state index in [2.05, 4.69) is 9.68 Å². The number of hydroxylamine groups is 2. The topological polar surface area (TPSA) is 117 Å². The third kappa shape index (κ3) is 36.5. The van der Waals surface area contributed by atoms with Gasteiger partial charge in [-0.15, -0.1) is 12.4 Å². The van der Waals surface area contributed by atoms with Gasteiger partial charge in [-0.1, -0.05) is 0 Å². The van der Waals surface area contributed by atoms with E-state index in [1.165, 1.54) is 14.2 Å². The molecule has 4 N–H and O–H groups in total. The van der Waals surface area contributed by atoms with Gasteiger partial charge in [0.05, 0.1) is 14.2 Å². The molecule has 0 rings (SSSR count). The maximum atomic E-state index is 9.36. The molecule has 13 heavy (non-hydrogen) atoms. The van der Waals surface area contributed by atoms with Crippen LogP contribution >= 0.6 is 12.4 Å². The zero-order valence-electron chi connectivity index (χ0n) is 6.94. The van der Waals surface area contributed by atoms with Crippen molar-refractivity contribution >= 4 is 24.6 Å². The number of amides is 2. The molecule has 0 aromatic rings. The van der Waals surface area contributed by atoms with Crippen molar-refractivity contribution in [1.82, 2.24) is 11.0 Å². The second kappa shape index (κ2) is 13.3. The zero-order valence-corrected chi connectivity index (χ0v) is 7.75. The molecule has 8 nitrogen and oxygen atoms in total. The van der Waals surface area contributed by atoms with Gasteiger partial charge in [-0.3, -0.25) is 9.68 Å². The quantitative estimate of drug-likeness (QED) is 0.487. The van der Waals surface area contributed by atoms with Crippen LogP contribution in [0.2, 0.25) is 0 Å². The average Bonchev–Trinajstić information content (AvgIpc) is 1.87. The Morgan fingerprint density at radius 3 is 1.23 bits per heavy atom. The Morgan fingerprint density at radius 2 is 1.23 bits per heavy atom. The van der Waals surface area contributed by atoms with E-state index < -0.39 is 12.2 Å². The first kappa shape index (κ1) is 17.7. The summed E-state index contributed by atoms with van der Waals surface area (Å²) in [6.07, 6.45) is -2.37. The van der Waals surface area contributed by atoms with Gasteiger partial charge in [-0.05, 0) is 0 Å². The summed E-state index contributed by atoms with van der Waals surface area (Å²) in [5.74, 6) is 0. The summed E-state index contributed by atoms with van der Waals surface area (Å²) >= 11 is 0. The minimum Gasteiger partial charge on any atom is -0.464 e. The van der Waals surface area contributed by atoms with Gasteiger partial charge in [0, 0.05) is 0 Å². The predicted octanol–water partition coefficient (Wildman–Crippen LogP) is 0.0526. The van der Waals surface area contributed by atoms with Crippen LogP contribution < -0.4 is 11.0 Å². The number of rotatable bonds is 2. The van der Waals surface area contributed by atoms with Gasteiger partial charge in [0.1, 0.15) is 0 Å². The van der Waals surface area contributed by atoms with Crippen LogP contribution in [0.3, 0.4) is 0 Å². The summed E-state index contributed by atoms with van der Waals surface area (Å²) in [6, 6.07) is 0. The lowest BCUT2D eigenvalue weighted by molar-refractivity contribution is 0.0801. The monoisotopic (exact) mass is 218 g/mol. The van der Waals surface area contributed by atoms with E-state index in [9.17, 15) is 9.59 Å². The Balaban J connectivity index is -0.000000143. The molecule has 0 aliphatic heterocycles. The Hall–Kier alpha value is -1.25. The summed E-state index contributed by atoms with van der Waals surface area (Å²) < 4.78 is 0. The molecule has 80 valence electrons. The van der Waals surface area contributed by atoms with E-state index in [4.69, 9.17) is 10.2 Å². The van der Waals surface area contributed by atoms with Crippen molar-refractivity contribution in [1.29, 1.82) is 0 Å². The molecule has 2 amide bonds. The Labute approximate surface area is 80.1 Å². The molecule has 0 saturated carbocycles. The molecule has 0 fully saturated rings. The normalized spacial score (nSPS) is 6.92. The molecule has 0 atom stereocenters. The summed E-state index contributed by atoms with van der Waals surface area (Å²) in [5.41, 5.74) is 3.25. The molecule has 0 saturated heterocycles. The highest BCUT2D eigenvalue weighted by atomic mass is 35.5. The first-order valence-corrected chi connectivity index (χ1v) is 2.58. The molecule has 9 heteroatoms. The maximum absolute atomic E-state index is 9.36. The number of carboxylic acid groups (broad SMARTS) is 2. The van der Waals surface area contributed by atoms with Crippen LogP contribution in [0.1, 0.15) is 0 Å². The fourth-order valence-corrected chi connectivity index (χ4v) is 0.175. The van der Waals surface area contributed by atoms with Crippen LogP contribution in [0.4, 0.5) is 9.59 Å². The van der Waals surface area contributed by atoms with Gasteiger partial charge in [0.25, 0.3) is 0 Å². The summed E-state index contributed by atoms with van der Waals surface area (Å²) in [6.45, 7) is 0. The van der Waals surface area contributed by atoms with Gasteiger partial charge >= 0.3 is 12.2 Å². The van der Waals surface area contributed by atoms with Gasteiger partial charge in [0.2, 0.25) is 0 Å². The third-order valence-electron chi connectivity index (χ3n) is 0.379. The standard InChI is InChI=1S/2C2H5NO3.ClH/c2*1-6-3-2(4)5;/h2*3H,1H3,(H,4,5);1H. The molecular weight excluding hydrogens is 208 g/mol. The molecule has 0 unspecified atom stereocenters. The summed E-state index contributed by atoms with van der Waals surface area (Å²) in [7, 11) is 2.46. The van der Waals surface area contributed by atoms with Crippen molar-refractivity contribution in [3.63, 3.8) is 0 Å². The van der Waals surface area contributed by atoms with Gasteiger partial charge in [-0.2, -0.15) is 0 Å². The number of hydrogen-bond acceptors (Lipinski definition) is 4. The fourth-order valence-electron chi connectivity index (χ4n) is 0.175. The Kier molecular flexibility index (Phi) is 18.2. The molecule has 0 aromatic heterocycles. The zero-order chi connectivity index (χ0) is 9.98. The molecule has 0 heterocycles. The molecular formula is C4H11ClN2O6. The van der Waals surface area contributed by atoms with Crippen LogP contribution in [-0.4, -0.2) is 36.6 Å². The van der Waals surface area contributed by atoms with Crippen LogP contribution in [0.5, 0.6) is 0 Å². The number of hydrogen-bond donors (Lipinski definition) is 4. The van der Waals surface area contributed by atoms with Crippen LogP contribution in [0, 0.1) is 0 Å². The predicted molar refractivity (Wildman–Crippen MR) is 43.6 cm³/mol. The van der Waals surface area contributed by atoms with E-state index in [0.29, 0.717) is 0 Å². The van der Waals surface area contributed by atoms with Gasteiger partial charge < -0.3 is 10.2 Å². The first-order valence-electron chi connectivity index (χ1n) is 2.58. The van der Waals surface area contributed by atoms with Crippen LogP contribution in [-0.2, 0) is 9.68 Å². The fraction of sp³-hybridized carbons (Fsp3) is 0.500. The minimum atomic E-state index is -1.18. The van der Waals surface area contributed by atoms with Gasteiger partial charge in [-0.25, -0.2) is 20.5 Å². The molecule has 0 aliphatic carbocycles. The Bertz CT molecular complexity index is 127. The van der Waals surface area contributed by atoms with E-state index in [1.54, 1.807) is 11.0 Å². The van der Waals surface area contributed by atoms with Crippen molar-refractivity contribution in [2.75, 3.05) is 14.2 Å². The van der Waals surface area contributed by atoms with Crippen LogP contribution in [0.15, 0.2) is 0 Å². The number of carbonyl (C=O) groups is 2. The number of nitrogens with one attached hydrogen (secondary N) is 2. The van der Waals surface area contributed by atoms with Crippen molar-refractivity contribution < 1.29 is 29.5 Å². The molecule has 0 bridgehead atoms. The summed E-state index contributed by atoms with van der Waals surface area (Å²) in [4.78, 5) is 26.6. The average molecular weight is 219 g/mol. The lowest BCUT2D eigenvalue weighted by atomic mass is 11.3. The SMILES string of the molecule is CONC(=O)O.CONC(=O)O.Cl. The molecule has 0 aromatic carbocycles. The lowest BCUT2D eigenvalue weighted by Crippen LogP contribution is -2.18. The second-order valence-corrected chi connectivity index (χ2v) is 1.22. The maximum Gasteiger partial charge on any atom is 0.428 e. The van der Waals surface area contributed by atoms with Gasteiger partial charge in [0.15, 0.2) is 0 Å². The van der Waals surface area contributed by atoms with E-state index >= 15 is 0 Å². The third-order valence-corrected chi connectivity index (χ3v) is 0.379. The van der Waals surface area contributed by atoms with Crippen molar-refractivity contribution in [3.05, 3.63) is 0 Å². The summed E-state index contributed by atoms with van der Waals surface area (Å²) in [5, 5.41) is 15.4. The molecule has 0 spiro atoms. The highest BCUT2D eigenvalue weighted by molar-refractivity contribution is 5.85. The second-order valence-electron chi connectivity index (χ2n) is 1.22. The first-order chi connectivity index (χ1) is 5.54. The lowest BCUT2D eigenvalue weighted by Gasteiger charge is -1.88.